The van der Waals surface area contributed by atoms with Crippen LogP contribution in [0.1, 0.15) is 11.1 Å². The summed E-state index contributed by atoms with van der Waals surface area (Å²) in [6.07, 6.45) is -0.137. The molecule has 3 aromatic rings. The van der Waals surface area contributed by atoms with Crippen molar-refractivity contribution >= 4 is 11.3 Å². The zero-order chi connectivity index (χ0) is 14.1. The Morgan fingerprint density at radius 3 is 2.57 bits per heavy atom. The second-order valence-electron chi connectivity index (χ2n) is 4.80. The molecule has 0 aliphatic carbocycles. The van der Waals surface area contributed by atoms with Gasteiger partial charge >= 0.3 is 0 Å². The maximum Gasteiger partial charge on any atom is 0.184 e. The first-order valence-corrected chi connectivity index (χ1v) is 7.67. The number of fused-ring (bicyclic) bond motifs is 1. The molecule has 0 spiro atoms. The molecular weight excluding hydrogens is 282 g/mol. The molecule has 0 amide bonds. The van der Waals surface area contributed by atoms with Gasteiger partial charge in [-0.3, -0.25) is 0 Å². The van der Waals surface area contributed by atoms with Crippen LogP contribution in [0.25, 0.3) is 11.3 Å². The molecule has 0 saturated carbocycles. The Bertz CT molecular complexity index is 754. The number of hydrogen-bond donors (Lipinski definition) is 0. The van der Waals surface area contributed by atoms with Crippen molar-refractivity contribution in [2.75, 3.05) is 6.61 Å². The van der Waals surface area contributed by atoms with Crippen molar-refractivity contribution in [3.05, 3.63) is 65.0 Å². The van der Waals surface area contributed by atoms with Gasteiger partial charge in [0, 0.05) is 10.9 Å². The second kappa shape index (κ2) is 5.22. The van der Waals surface area contributed by atoms with E-state index in [9.17, 15) is 0 Å². The standard InChI is InChI=1S/C17H13NO2S/c1-2-6-12(7-3-1)13-11-21-17(18-13)16-10-19-14-8-4-5-9-15(14)20-16/h1-9,11,16H,10H2/t16-/m0/s1. The average Bonchev–Trinajstić information content (AvgIpc) is 3.05. The lowest BCUT2D eigenvalue weighted by atomic mass is 10.2. The highest BCUT2D eigenvalue weighted by atomic mass is 32.1. The molecule has 0 saturated heterocycles. The molecule has 0 radical (unpaired) electrons. The van der Waals surface area contributed by atoms with Gasteiger partial charge in [-0.2, -0.15) is 0 Å². The minimum Gasteiger partial charge on any atom is -0.485 e. The minimum atomic E-state index is -0.137. The summed E-state index contributed by atoms with van der Waals surface area (Å²) in [6, 6.07) is 17.9. The Kier molecular flexibility index (Phi) is 3.09. The SMILES string of the molecule is c1ccc(-c2csc([C@@H]3COc4ccccc4O3)n2)cc1. The van der Waals surface area contributed by atoms with Crippen LogP contribution in [0.2, 0.25) is 0 Å². The van der Waals surface area contributed by atoms with Gasteiger partial charge in [0.2, 0.25) is 0 Å². The van der Waals surface area contributed by atoms with Gasteiger partial charge in [-0.15, -0.1) is 11.3 Å². The summed E-state index contributed by atoms with van der Waals surface area (Å²) in [5.74, 6) is 1.58. The van der Waals surface area contributed by atoms with Crippen LogP contribution in [0, 0.1) is 0 Å². The lowest BCUT2D eigenvalue weighted by Crippen LogP contribution is -2.21. The molecule has 4 rings (SSSR count). The Labute approximate surface area is 126 Å². The summed E-state index contributed by atoms with van der Waals surface area (Å²) in [5, 5.41) is 3.01. The van der Waals surface area contributed by atoms with E-state index >= 15 is 0 Å². The summed E-state index contributed by atoms with van der Waals surface area (Å²) in [6.45, 7) is 0.499. The number of rotatable bonds is 2. The van der Waals surface area contributed by atoms with Crippen LogP contribution in [-0.4, -0.2) is 11.6 Å². The monoisotopic (exact) mass is 295 g/mol. The molecule has 1 atom stereocenters. The van der Waals surface area contributed by atoms with Gasteiger partial charge in [-0.05, 0) is 12.1 Å². The number of thiazole rings is 1. The Morgan fingerprint density at radius 1 is 0.952 bits per heavy atom. The number of aromatic nitrogens is 1. The van der Waals surface area contributed by atoms with Crippen molar-refractivity contribution < 1.29 is 9.47 Å². The molecule has 0 unspecified atom stereocenters. The van der Waals surface area contributed by atoms with Crippen molar-refractivity contribution in [2.24, 2.45) is 0 Å². The fraction of sp³-hybridized carbons (Fsp3) is 0.118. The molecule has 3 nitrogen and oxygen atoms in total. The van der Waals surface area contributed by atoms with Crippen LogP contribution in [0.15, 0.2) is 60.0 Å². The van der Waals surface area contributed by atoms with E-state index in [1.54, 1.807) is 11.3 Å². The molecule has 2 heterocycles. The van der Waals surface area contributed by atoms with Crippen LogP contribution >= 0.6 is 11.3 Å². The maximum atomic E-state index is 5.99. The Hall–Kier alpha value is -2.33. The molecule has 1 aliphatic heterocycles. The zero-order valence-electron chi connectivity index (χ0n) is 11.2. The van der Waals surface area contributed by atoms with Crippen LogP contribution in [0.5, 0.6) is 11.5 Å². The smallest absolute Gasteiger partial charge is 0.184 e. The normalized spacial score (nSPS) is 16.7. The number of para-hydroxylation sites is 2. The van der Waals surface area contributed by atoms with Crippen molar-refractivity contribution in [3.63, 3.8) is 0 Å². The van der Waals surface area contributed by atoms with Crippen LogP contribution < -0.4 is 9.47 Å². The molecule has 21 heavy (non-hydrogen) atoms. The van der Waals surface area contributed by atoms with Gasteiger partial charge in [0.1, 0.15) is 11.6 Å². The van der Waals surface area contributed by atoms with Crippen molar-refractivity contribution in [1.29, 1.82) is 0 Å². The van der Waals surface area contributed by atoms with Crippen molar-refractivity contribution in [1.82, 2.24) is 4.98 Å². The summed E-state index contributed by atoms with van der Waals surface area (Å²) in [7, 11) is 0. The third-order valence-corrected chi connectivity index (χ3v) is 4.31. The van der Waals surface area contributed by atoms with Gasteiger partial charge in [0.15, 0.2) is 17.6 Å². The summed E-state index contributed by atoms with van der Waals surface area (Å²) in [5.41, 5.74) is 2.11. The first kappa shape index (κ1) is 12.4. The summed E-state index contributed by atoms with van der Waals surface area (Å²) in [4.78, 5) is 4.69. The van der Waals surface area contributed by atoms with E-state index in [0.717, 1.165) is 27.8 Å². The highest BCUT2D eigenvalue weighted by molar-refractivity contribution is 7.10. The molecule has 2 aromatic carbocycles. The third-order valence-electron chi connectivity index (χ3n) is 3.38. The first-order valence-electron chi connectivity index (χ1n) is 6.79. The molecular formula is C17H13NO2S. The lowest BCUT2D eigenvalue weighted by Gasteiger charge is -2.24. The van der Waals surface area contributed by atoms with Gasteiger partial charge in [0.25, 0.3) is 0 Å². The van der Waals surface area contributed by atoms with E-state index < -0.39 is 0 Å². The predicted molar refractivity (Wildman–Crippen MR) is 82.9 cm³/mol. The zero-order valence-corrected chi connectivity index (χ0v) is 12.0. The molecule has 0 fully saturated rings. The lowest BCUT2D eigenvalue weighted by molar-refractivity contribution is 0.0911. The molecule has 1 aliphatic rings. The van der Waals surface area contributed by atoms with E-state index in [4.69, 9.17) is 14.5 Å². The number of nitrogens with zero attached hydrogens (tertiary/aromatic N) is 1. The van der Waals surface area contributed by atoms with E-state index in [2.05, 4.69) is 17.5 Å². The van der Waals surface area contributed by atoms with E-state index in [0.29, 0.717) is 6.61 Å². The third kappa shape index (κ3) is 2.38. The largest absolute Gasteiger partial charge is 0.485 e. The topological polar surface area (TPSA) is 31.4 Å². The second-order valence-corrected chi connectivity index (χ2v) is 5.69. The van der Waals surface area contributed by atoms with E-state index in [1.165, 1.54) is 0 Å². The number of hydrogen-bond acceptors (Lipinski definition) is 4. The first-order chi connectivity index (χ1) is 10.4. The highest BCUT2D eigenvalue weighted by Crippen LogP contribution is 2.37. The molecule has 0 N–H and O–H groups in total. The molecule has 104 valence electrons. The van der Waals surface area contributed by atoms with Crippen LogP contribution in [-0.2, 0) is 0 Å². The molecule has 4 heteroatoms. The Balaban J connectivity index is 1.60. The fourth-order valence-electron chi connectivity index (χ4n) is 2.32. The fourth-order valence-corrected chi connectivity index (χ4v) is 3.16. The van der Waals surface area contributed by atoms with Crippen LogP contribution in [0.3, 0.4) is 0 Å². The molecule has 1 aromatic heterocycles. The van der Waals surface area contributed by atoms with E-state index in [-0.39, 0.29) is 6.10 Å². The minimum absolute atomic E-state index is 0.137. The van der Waals surface area contributed by atoms with Crippen molar-refractivity contribution in [3.8, 4) is 22.8 Å². The maximum absolute atomic E-state index is 5.99. The highest BCUT2D eigenvalue weighted by Gasteiger charge is 2.25. The Morgan fingerprint density at radius 2 is 1.71 bits per heavy atom. The summed E-state index contributed by atoms with van der Waals surface area (Å²) < 4.78 is 11.7. The van der Waals surface area contributed by atoms with E-state index in [1.807, 2.05) is 42.5 Å². The van der Waals surface area contributed by atoms with Gasteiger partial charge in [0.05, 0.1) is 5.69 Å². The van der Waals surface area contributed by atoms with Gasteiger partial charge < -0.3 is 9.47 Å². The summed E-state index contributed by atoms with van der Waals surface area (Å²) >= 11 is 1.61. The van der Waals surface area contributed by atoms with Gasteiger partial charge in [-0.1, -0.05) is 42.5 Å². The average molecular weight is 295 g/mol. The number of ether oxygens (including phenoxy) is 2. The quantitative estimate of drug-likeness (QED) is 0.705. The predicted octanol–water partition coefficient (Wildman–Crippen LogP) is 4.32. The molecule has 0 bridgehead atoms. The van der Waals surface area contributed by atoms with Crippen molar-refractivity contribution in [2.45, 2.75) is 6.10 Å². The van der Waals surface area contributed by atoms with Crippen LogP contribution in [0.4, 0.5) is 0 Å². The number of benzene rings is 2. The van der Waals surface area contributed by atoms with Gasteiger partial charge in [-0.25, -0.2) is 4.98 Å².